The molecule has 0 saturated carbocycles. The van der Waals surface area contributed by atoms with Crippen molar-refractivity contribution in [1.82, 2.24) is 5.32 Å². The molecule has 1 aliphatic heterocycles. The third-order valence-electron chi connectivity index (χ3n) is 4.64. The molecule has 1 heterocycles. The number of fused-ring (bicyclic) bond motifs is 1. The number of carbonyl (C=O) groups excluding carboxylic acids is 1. The highest BCUT2D eigenvalue weighted by Crippen LogP contribution is 2.38. The minimum atomic E-state index is -0.105. The van der Waals surface area contributed by atoms with E-state index in [0.29, 0.717) is 5.57 Å². The van der Waals surface area contributed by atoms with Crippen LogP contribution in [0.5, 0.6) is 0 Å². The number of nitrogens with one attached hydrogen (secondary N) is 3. The Morgan fingerprint density at radius 3 is 2.46 bits per heavy atom. The molecule has 0 aliphatic carbocycles. The maximum absolute atomic E-state index is 12.9. The third-order valence-corrected chi connectivity index (χ3v) is 5.14. The van der Waals surface area contributed by atoms with Crippen molar-refractivity contribution in [3.05, 3.63) is 94.0 Å². The van der Waals surface area contributed by atoms with Gasteiger partial charge in [-0.1, -0.05) is 64.5 Å². The van der Waals surface area contributed by atoms with Crippen LogP contribution in [0.4, 0.5) is 11.4 Å². The molecule has 3 N–H and O–H groups in total. The van der Waals surface area contributed by atoms with Gasteiger partial charge < -0.3 is 16.0 Å². The molecule has 0 atom stereocenters. The second-order valence-corrected chi connectivity index (χ2v) is 7.53. The Morgan fingerprint density at radius 1 is 1.00 bits per heavy atom. The minimum Gasteiger partial charge on any atom is -0.354 e. The zero-order valence-electron chi connectivity index (χ0n) is 15.4. The molecule has 0 bridgehead atoms. The fourth-order valence-electron chi connectivity index (χ4n) is 3.33. The first kappa shape index (κ1) is 18.5. The second kappa shape index (κ2) is 8.00. The zero-order chi connectivity index (χ0) is 19.5. The van der Waals surface area contributed by atoms with Crippen LogP contribution in [-0.2, 0) is 11.3 Å². The second-order valence-electron chi connectivity index (χ2n) is 6.61. The maximum atomic E-state index is 12.9. The summed E-state index contributed by atoms with van der Waals surface area (Å²) in [5.74, 6) is -0.105. The molecule has 0 spiro atoms. The number of anilines is 2. The van der Waals surface area contributed by atoms with Gasteiger partial charge in [-0.15, -0.1) is 0 Å². The van der Waals surface area contributed by atoms with Crippen LogP contribution >= 0.6 is 15.9 Å². The van der Waals surface area contributed by atoms with E-state index in [2.05, 4.69) is 44.0 Å². The first-order valence-corrected chi connectivity index (χ1v) is 9.86. The predicted molar refractivity (Wildman–Crippen MR) is 119 cm³/mol. The van der Waals surface area contributed by atoms with Gasteiger partial charge in [0.2, 0.25) is 0 Å². The maximum Gasteiger partial charge on any atom is 0.258 e. The Kier molecular flexibility index (Phi) is 5.28. The van der Waals surface area contributed by atoms with E-state index >= 15 is 0 Å². The highest BCUT2D eigenvalue weighted by Gasteiger charge is 2.28. The summed E-state index contributed by atoms with van der Waals surface area (Å²) in [5.41, 5.74) is 6.25. The molecule has 4 rings (SSSR count). The van der Waals surface area contributed by atoms with Crippen molar-refractivity contribution in [2.45, 2.75) is 6.54 Å². The van der Waals surface area contributed by atoms with Gasteiger partial charge in [-0.25, -0.2) is 0 Å². The lowest BCUT2D eigenvalue weighted by molar-refractivity contribution is -0.110. The Hall–Kier alpha value is -2.89. The van der Waals surface area contributed by atoms with Gasteiger partial charge in [0.1, 0.15) is 0 Å². The van der Waals surface area contributed by atoms with Crippen molar-refractivity contribution in [3.8, 4) is 0 Å². The van der Waals surface area contributed by atoms with Gasteiger partial charge in [-0.2, -0.15) is 0 Å². The standard InChI is InChI=1S/C23H20BrN3O/c1-25-14-15-7-10-18(11-8-15)26-22(16-5-3-2-4-6-16)21-19-12-9-17(24)13-20(19)27-23(21)28/h2-13,25-26H,14H2,1H3,(H,27,28)/b22-21-. The van der Waals surface area contributed by atoms with Crippen LogP contribution in [0, 0.1) is 0 Å². The quantitative estimate of drug-likeness (QED) is 0.490. The van der Waals surface area contributed by atoms with E-state index < -0.39 is 0 Å². The van der Waals surface area contributed by atoms with Crippen LogP contribution in [-0.4, -0.2) is 13.0 Å². The van der Waals surface area contributed by atoms with Crippen molar-refractivity contribution < 1.29 is 4.79 Å². The number of hydrogen-bond donors (Lipinski definition) is 3. The van der Waals surface area contributed by atoms with Crippen molar-refractivity contribution in [2.75, 3.05) is 17.7 Å². The topological polar surface area (TPSA) is 53.2 Å². The van der Waals surface area contributed by atoms with Crippen LogP contribution in [0.2, 0.25) is 0 Å². The molecule has 28 heavy (non-hydrogen) atoms. The van der Waals surface area contributed by atoms with E-state index in [4.69, 9.17) is 0 Å². The first-order valence-electron chi connectivity index (χ1n) is 9.07. The van der Waals surface area contributed by atoms with Crippen LogP contribution in [0.15, 0.2) is 77.3 Å². The molecular weight excluding hydrogens is 414 g/mol. The van der Waals surface area contributed by atoms with Crippen molar-refractivity contribution in [2.24, 2.45) is 0 Å². The van der Waals surface area contributed by atoms with E-state index in [1.165, 1.54) is 5.56 Å². The van der Waals surface area contributed by atoms with E-state index in [9.17, 15) is 4.79 Å². The molecule has 3 aromatic carbocycles. The van der Waals surface area contributed by atoms with Crippen molar-refractivity contribution in [1.29, 1.82) is 0 Å². The van der Waals surface area contributed by atoms with Gasteiger partial charge in [-0.05, 0) is 42.4 Å². The average Bonchev–Trinajstić information content (AvgIpc) is 3.03. The van der Waals surface area contributed by atoms with Crippen molar-refractivity contribution in [3.63, 3.8) is 0 Å². The molecule has 0 aromatic heterocycles. The first-order chi connectivity index (χ1) is 13.7. The number of halogens is 1. The monoisotopic (exact) mass is 433 g/mol. The number of hydrogen-bond acceptors (Lipinski definition) is 3. The normalized spacial score (nSPS) is 14.4. The highest BCUT2D eigenvalue weighted by atomic mass is 79.9. The number of rotatable bonds is 5. The molecule has 0 fully saturated rings. The Morgan fingerprint density at radius 2 is 1.75 bits per heavy atom. The molecule has 0 radical (unpaired) electrons. The molecule has 4 nitrogen and oxygen atoms in total. The summed E-state index contributed by atoms with van der Waals surface area (Å²) >= 11 is 3.47. The molecule has 1 amide bonds. The minimum absolute atomic E-state index is 0.105. The smallest absolute Gasteiger partial charge is 0.258 e. The largest absolute Gasteiger partial charge is 0.354 e. The summed E-state index contributed by atoms with van der Waals surface area (Å²) in [6.07, 6.45) is 0. The number of carbonyl (C=O) groups is 1. The lowest BCUT2D eigenvalue weighted by Crippen LogP contribution is -2.10. The van der Waals surface area contributed by atoms with Crippen LogP contribution < -0.4 is 16.0 Å². The van der Waals surface area contributed by atoms with Crippen molar-refractivity contribution >= 4 is 44.5 Å². The predicted octanol–water partition coefficient (Wildman–Crippen LogP) is 5.10. The third kappa shape index (κ3) is 3.72. The fraction of sp³-hybridized carbons (Fsp3) is 0.0870. The summed E-state index contributed by atoms with van der Waals surface area (Å²) in [6, 6.07) is 24.0. The Balaban J connectivity index is 1.81. The SMILES string of the molecule is CNCc1ccc(N/C(=C2\C(=O)Nc3cc(Br)ccc32)c2ccccc2)cc1. The van der Waals surface area contributed by atoms with E-state index in [1.54, 1.807) is 0 Å². The lowest BCUT2D eigenvalue weighted by atomic mass is 10.00. The number of benzene rings is 3. The molecule has 140 valence electrons. The lowest BCUT2D eigenvalue weighted by Gasteiger charge is -2.15. The molecule has 5 heteroatoms. The summed E-state index contributed by atoms with van der Waals surface area (Å²) in [6.45, 7) is 0.817. The highest BCUT2D eigenvalue weighted by molar-refractivity contribution is 9.10. The van der Waals surface area contributed by atoms with Gasteiger partial charge in [0.05, 0.1) is 17.0 Å². The molecule has 1 aliphatic rings. The van der Waals surface area contributed by atoms with Gasteiger partial charge in [-0.3, -0.25) is 4.79 Å². The molecule has 3 aromatic rings. The summed E-state index contributed by atoms with van der Waals surface area (Å²) < 4.78 is 0.933. The van der Waals surface area contributed by atoms with E-state index in [-0.39, 0.29) is 5.91 Å². The van der Waals surface area contributed by atoms with Gasteiger partial charge in [0.15, 0.2) is 0 Å². The van der Waals surface area contributed by atoms with Gasteiger partial charge in [0, 0.05) is 22.3 Å². The van der Waals surface area contributed by atoms with E-state index in [0.717, 1.165) is 39.2 Å². The zero-order valence-corrected chi connectivity index (χ0v) is 17.0. The van der Waals surface area contributed by atoms with E-state index in [1.807, 2.05) is 67.7 Å². The Labute approximate surface area is 172 Å². The summed E-state index contributed by atoms with van der Waals surface area (Å²) in [5, 5.41) is 9.60. The van der Waals surface area contributed by atoms with Crippen LogP contribution in [0.25, 0.3) is 11.3 Å². The fourth-order valence-corrected chi connectivity index (χ4v) is 3.69. The van der Waals surface area contributed by atoms with Crippen LogP contribution in [0.1, 0.15) is 16.7 Å². The molecule has 0 saturated heterocycles. The Bertz CT molecular complexity index is 1040. The number of amides is 1. The van der Waals surface area contributed by atoms with Crippen LogP contribution in [0.3, 0.4) is 0 Å². The molecular formula is C23H20BrN3O. The van der Waals surface area contributed by atoms with Gasteiger partial charge in [0.25, 0.3) is 5.91 Å². The van der Waals surface area contributed by atoms with Gasteiger partial charge >= 0.3 is 0 Å². The summed E-state index contributed by atoms with van der Waals surface area (Å²) in [7, 11) is 1.93. The molecule has 0 unspecified atom stereocenters. The summed E-state index contributed by atoms with van der Waals surface area (Å²) in [4.78, 5) is 12.9. The average molecular weight is 434 g/mol.